The minimum atomic E-state index is -0.551. The Hall–Kier alpha value is -1.10. The summed E-state index contributed by atoms with van der Waals surface area (Å²) in [7, 11) is 0. The van der Waals surface area contributed by atoms with Gasteiger partial charge in [0.2, 0.25) is 5.91 Å². The smallest absolute Gasteiger partial charge is 0.255 e. The van der Waals surface area contributed by atoms with Crippen LogP contribution in [0, 0.1) is 11.8 Å². The van der Waals surface area contributed by atoms with E-state index in [1.165, 1.54) is 0 Å². The predicted molar refractivity (Wildman–Crippen MR) is 56.4 cm³/mol. The minimum absolute atomic E-state index is 0.0895. The van der Waals surface area contributed by atoms with Crippen molar-refractivity contribution >= 4 is 11.8 Å². The van der Waals surface area contributed by atoms with Gasteiger partial charge in [-0.3, -0.25) is 20.4 Å². The zero-order valence-corrected chi connectivity index (χ0v) is 9.25. The number of amides is 2. The molecule has 0 saturated heterocycles. The molecule has 0 aliphatic heterocycles. The molecule has 0 radical (unpaired) electrons. The van der Waals surface area contributed by atoms with E-state index >= 15 is 0 Å². The highest BCUT2D eigenvalue weighted by Crippen LogP contribution is 2.28. The molecule has 4 N–H and O–H groups in total. The second-order valence-electron chi connectivity index (χ2n) is 4.49. The highest BCUT2D eigenvalue weighted by atomic mass is 16.2. The van der Waals surface area contributed by atoms with Gasteiger partial charge in [0.05, 0.1) is 6.04 Å². The zero-order chi connectivity index (χ0) is 11.4. The molecule has 1 aliphatic carbocycles. The molecule has 1 aliphatic rings. The van der Waals surface area contributed by atoms with Crippen LogP contribution in [0.25, 0.3) is 0 Å². The van der Waals surface area contributed by atoms with Crippen LogP contribution >= 0.6 is 0 Å². The Balaban J connectivity index is 2.19. The van der Waals surface area contributed by atoms with Gasteiger partial charge < -0.3 is 5.73 Å². The summed E-state index contributed by atoms with van der Waals surface area (Å²) in [4.78, 5) is 22.6. The number of nitrogens with one attached hydrogen (secondary N) is 2. The summed E-state index contributed by atoms with van der Waals surface area (Å²) in [6.45, 7) is 3.99. The highest BCUT2D eigenvalue weighted by Gasteiger charge is 2.30. The monoisotopic (exact) mass is 213 g/mol. The zero-order valence-electron chi connectivity index (χ0n) is 9.25. The van der Waals surface area contributed by atoms with E-state index in [0.717, 1.165) is 12.8 Å². The molecule has 0 aromatic rings. The van der Waals surface area contributed by atoms with Crippen molar-refractivity contribution < 1.29 is 9.59 Å². The Labute approximate surface area is 89.8 Å². The van der Waals surface area contributed by atoms with Crippen molar-refractivity contribution in [2.45, 2.75) is 39.2 Å². The lowest BCUT2D eigenvalue weighted by molar-refractivity contribution is -0.130. The molecule has 5 nitrogen and oxygen atoms in total. The van der Waals surface area contributed by atoms with Gasteiger partial charge in [-0.2, -0.15) is 0 Å². The first-order valence-corrected chi connectivity index (χ1v) is 5.36. The molecule has 0 spiro atoms. The second-order valence-corrected chi connectivity index (χ2v) is 4.49. The third kappa shape index (κ3) is 4.29. The summed E-state index contributed by atoms with van der Waals surface area (Å²) in [6, 6.07) is -0.551. The molecule has 86 valence electrons. The van der Waals surface area contributed by atoms with Gasteiger partial charge in [-0.05, 0) is 25.2 Å². The summed E-state index contributed by atoms with van der Waals surface area (Å²) in [5, 5.41) is 0. The van der Waals surface area contributed by atoms with Crippen LogP contribution in [-0.4, -0.2) is 17.9 Å². The molecule has 1 unspecified atom stereocenters. The Bertz CT molecular complexity index is 249. The standard InChI is InChI=1S/C10H19N3O2/c1-6(2)5-8(11)10(15)13-12-9(14)7-3-4-7/h6-8H,3-5,11H2,1-2H3,(H,12,14)(H,13,15). The van der Waals surface area contributed by atoms with E-state index in [1.807, 2.05) is 13.8 Å². The molecular weight excluding hydrogens is 194 g/mol. The average molecular weight is 213 g/mol. The highest BCUT2D eigenvalue weighted by molar-refractivity contribution is 5.86. The second kappa shape index (κ2) is 5.11. The van der Waals surface area contributed by atoms with Gasteiger partial charge in [0.1, 0.15) is 0 Å². The first-order chi connectivity index (χ1) is 7.00. The van der Waals surface area contributed by atoms with Crippen molar-refractivity contribution in [3.8, 4) is 0 Å². The van der Waals surface area contributed by atoms with E-state index in [4.69, 9.17) is 5.73 Å². The van der Waals surface area contributed by atoms with E-state index in [2.05, 4.69) is 10.9 Å². The fourth-order valence-corrected chi connectivity index (χ4v) is 1.28. The van der Waals surface area contributed by atoms with Crippen molar-refractivity contribution in [2.24, 2.45) is 17.6 Å². The van der Waals surface area contributed by atoms with E-state index in [1.54, 1.807) is 0 Å². The van der Waals surface area contributed by atoms with Crippen molar-refractivity contribution in [1.29, 1.82) is 0 Å². The van der Waals surface area contributed by atoms with Crippen LogP contribution in [0.4, 0.5) is 0 Å². The number of nitrogens with two attached hydrogens (primary N) is 1. The average Bonchev–Trinajstić information content (AvgIpc) is 2.95. The molecule has 0 aromatic carbocycles. The number of hydrogen-bond donors (Lipinski definition) is 3. The number of hydrogen-bond acceptors (Lipinski definition) is 3. The maximum atomic E-state index is 11.4. The van der Waals surface area contributed by atoms with Crippen LogP contribution in [0.3, 0.4) is 0 Å². The minimum Gasteiger partial charge on any atom is -0.320 e. The normalized spacial score (nSPS) is 17.3. The lowest BCUT2D eigenvalue weighted by atomic mass is 10.0. The number of carbonyl (C=O) groups is 2. The Morgan fingerprint density at radius 2 is 1.93 bits per heavy atom. The number of carbonyl (C=O) groups excluding carboxylic acids is 2. The predicted octanol–water partition coefficient (Wildman–Crippen LogP) is -0.0828. The van der Waals surface area contributed by atoms with Crippen molar-refractivity contribution in [1.82, 2.24) is 10.9 Å². The van der Waals surface area contributed by atoms with Gasteiger partial charge in [0.25, 0.3) is 5.91 Å². The van der Waals surface area contributed by atoms with Crippen LogP contribution in [0.1, 0.15) is 33.1 Å². The molecule has 0 aromatic heterocycles. The van der Waals surface area contributed by atoms with Gasteiger partial charge in [0.15, 0.2) is 0 Å². The van der Waals surface area contributed by atoms with Crippen LogP contribution in [0.5, 0.6) is 0 Å². The van der Waals surface area contributed by atoms with Gasteiger partial charge in [0, 0.05) is 5.92 Å². The van der Waals surface area contributed by atoms with Gasteiger partial charge in [-0.15, -0.1) is 0 Å². The lowest BCUT2D eigenvalue weighted by Gasteiger charge is -2.14. The summed E-state index contributed by atoms with van der Waals surface area (Å²) in [5.41, 5.74) is 10.4. The SMILES string of the molecule is CC(C)CC(N)C(=O)NNC(=O)C1CC1. The molecule has 2 amide bonds. The molecular formula is C10H19N3O2. The van der Waals surface area contributed by atoms with Crippen LogP contribution in [0.15, 0.2) is 0 Å². The quantitative estimate of drug-likeness (QED) is 0.571. The fourth-order valence-electron chi connectivity index (χ4n) is 1.28. The van der Waals surface area contributed by atoms with E-state index in [-0.39, 0.29) is 17.7 Å². The third-order valence-corrected chi connectivity index (χ3v) is 2.32. The molecule has 1 saturated carbocycles. The van der Waals surface area contributed by atoms with E-state index in [0.29, 0.717) is 12.3 Å². The third-order valence-electron chi connectivity index (χ3n) is 2.32. The Kier molecular flexibility index (Phi) is 4.08. The summed E-state index contributed by atoms with van der Waals surface area (Å²) in [5.74, 6) is 0.0225. The van der Waals surface area contributed by atoms with Crippen molar-refractivity contribution in [3.63, 3.8) is 0 Å². The molecule has 1 rings (SSSR count). The molecule has 0 heterocycles. The Morgan fingerprint density at radius 1 is 1.33 bits per heavy atom. The summed E-state index contributed by atoms with van der Waals surface area (Å²) < 4.78 is 0. The van der Waals surface area contributed by atoms with Gasteiger partial charge in [-0.1, -0.05) is 13.8 Å². The number of hydrazine groups is 1. The largest absolute Gasteiger partial charge is 0.320 e. The summed E-state index contributed by atoms with van der Waals surface area (Å²) in [6.07, 6.45) is 2.45. The van der Waals surface area contributed by atoms with Crippen LogP contribution in [0.2, 0.25) is 0 Å². The molecule has 15 heavy (non-hydrogen) atoms. The lowest BCUT2D eigenvalue weighted by Crippen LogP contribution is -2.50. The Morgan fingerprint density at radius 3 is 2.40 bits per heavy atom. The first kappa shape index (κ1) is 12.0. The van der Waals surface area contributed by atoms with Gasteiger partial charge in [-0.25, -0.2) is 0 Å². The van der Waals surface area contributed by atoms with E-state index in [9.17, 15) is 9.59 Å². The molecule has 1 atom stereocenters. The van der Waals surface area contributed by atoms with E-state index < -0.39 is 6.04 Å². The number of rotatable bonds is 4. The molecule has 5 heteroatoms. The van der Waals surface area contributed by atoms with Crippen molar-refractivity contribution in [3.05, 3.63) is 0 Å². The molecule has 1 fully saturated rings. The fraction of sp³-hybridized carbons (Fsp3) is 0.800. The van der Waals surface area contributed by atoms with Crippen LogP contribution in [-0.2, 0) is 9.59 Å². The maximum absolute atomic E-state index is 11.4. The summed E-state index contributed by atoms with van der Waals surface area (Å²) >= 11 is 0. The topological polar surface area (TPSA) is 84.2 Å². The van der Waals surface area contributed by atoms with Gasteiger partial charge >= 0.3 is 0 Å². The van der Waals surface area contributed by atoms with Crippen molar-refractivity contribution in [2.75, 3.05) is 0 Å². The molecule has 0 bridgehead atoms. The van der Waals surface area contributed by atoms with Crippen LogP contribution < -0.4 is 16.6 Å². The maximum Gasteiger partial charge on any atom is 0.255 e. The first-order valence-electron chi connectivity index (χ1n) is 5.36.